The molecule has 10 aromatic rings. The number of fused-ring (bicyclic) bond motifs is 8. The van der Waals surface area contributed by atoms with Crippen LogP contribution in [0.3, 0.4) is 0 Å². The van der Waals surface area contributed by atoms with Crippen molar-refractivity contribution in [3.8, 4) is 89.4 Å². The van der Waals surface area contributed by atoms with Gasteiger partial charge < -0.3 is 9.64 Å². The van der Waals surface area contributed by atoms with E-state index in [4.69, 9.17) is 4.74 Å². The molecule has 1 heterocycles. The maximum Gasteiger partial charge on any atom is 0.143 e. The van der Waals surface area contributed by atoms with E-state index in [1.165, 1.54) is 50.1 Å². The van der Waals surface area contributed by atoms with E-state index < -0.39 is 0 Å². The lowest BCUT2D eigenvalue weighted by molar-refractivity contribution is 0.489. The van der Waals surface area contributed by atoms with Crippen LogP contribution < -0.4 is 9.64 Å². The number of nitrogens with zero attached hydrogens (tertiary/aromatic N) is 1. The standard InChI is InChI=1S/C63H45NO/c1-63(2)59-24-13-12-21-54(59)55-37-35-51(41-60(55)63)64(49-31-25-45(26-32-49)42-15-6-3-7-16-42)50-33-27-46(28-34-50)52-22-14-23-56-53-36-29-47(43-17-8-4-9-18-43)39-57(53)58-40-48(44-19-10-5-11-20-44)30-38-61(58)65-62(52)56/h3-41H,1-2H3. The molecule has 12 rings (SSSR count). The SMILES string of the molecule is CC1(C)c2ccccc2-c2ccc(N(c3ccc(-c4ccccc4)cc3)c3ccc(-c4cccc5c4Oc4ccc(-c6ccccc6)cc4-c4cc(-c6ccccc6)ccc4-5)cc3)cc21. The number of para-hydroxylation sites is 1. The molecule has 0 bridgehead atoms. The smallest absolute Gasteiger partial charge is 0.143 e. The normalized spacial score (nSPS) is 12.7. The highest BCUT2D eigenvalue weighted by Gasteiger charge is 2.36. The van der Waals surface area contributed by atoms with Crippen molar-refractivity contribution in [1.29, 1.82) is 0 Å². The zero-order chi connectivity index (χ0) is 43.5. The van der Waals surface area contributed by atoms with Crippen molar-refractivity contribution in [3.63, 3.8) is 0 Å². The van der Waals surface area contributed by atoms with Gasteiger partial charge in [-0.05, 0) is 127 Å². The Bertz CT molecular complexity index is 3390. The number of anilines is 3. The van der Waals surface area contributed by atoms with Gasteiger partial charge in [-0.25, -0.2) is 0 Å². The predicted octanol–water partition coefficient (Wildman–Crippen LogP) is 17.6. The van der Waals surface area contributed by atoms with Gasteiger partial charge >= 0.3 is 0 Å². The zero-order valence-electron chi connectivity index (χ0n) is 36.4. The van der Waals surface area contributed by atoms with Gasteiger partial charge in [-0.2, -0.15) is 0 Å². The van der Waals surface area contributed by atoms with Crippen LogP contribution in [0.15, 0.2) is 237 Å². The minimum Gasteiger partial charge on any atom is -0.455 e. The third-order valence-corrected chi connectivity index (χ3v) is 13.5. The van der Waals surface area contributed by atoms with Crippen molar-refractivity contribution in [2.75, 3.05) is 4.90 Å². The molecule has 0 saturated carbocycles. The van der Waals surface area contributed by atoms with E-state index in [0.29, 0.717) is 0 Å². The highest BCUT2D eigenvalue weighted by atomic mass is 16.5. The van der Waals surface area contributed by atoms with Crippen LogP contribution in [0.5, 0.6) is 11.5 Å². The summed E-state index contributed by atoms with van der Waals surface area (Å²) in [6, 6.07) is 85.6. The summed E-state index contributed by atoms with van der Waals surface area (Å²) in [7, 11) is 0. The first kappa shape index (κ1) is 38.5. The maximum atomic E-state index is 7.15. The van der Waals surface area contributed by atoms with E-state index in [0.717, 1.165) is 67.5 Å². The first-order chi connectivity index (χ1) is 32.0. The second-order valence-electron chi connectivity index (χ2n) is 17.7. The van der Waals surface area contributed by atoms with Crippen molar-refractivity contribution in [2.24, 2.45) is 0 Å². The molecule has 0 unspecified atom stereocenters. The van der Waals surface area contributed by atoms with Gasteiger partial charge in [0, 0.05) is 39.2 Å². The molecule has 0 N–H and O–H groups in total. The molecular weight excluding hydrogens is 787 g/mol. The monoisotopic (exact) mass is 831 g/mol. The van der Waals surface area contributed by atoms with Crippen LogP contribution in [-0.2, 0) is 5.41 Å². The van der Waals surface area contributed by atoms with Crippen molar-refractivity contribution in [1.82, 2.24) is 0 Å². The van der Waals surface area contributed by atoms with Gasteiger partial charge in [0.25, 0.3) is 0 Å². The lowest BCUT2D eigenvalue weighted by atomic mass is 9.82. The fourth-order valence-corrected chi connectivity index (χ4v) is 10.2. The molecule has 2 heteroatoms. The van der Waals surface area contributed by atoms with Crippen LogP contribution in [0.4, 0.5) is 17.1 Å². The molecule has 65 heavy (non-hydrogen) atoms. The lowest BCUT2D eigenvalue weighted by Gasteiger charge is -2.28. The Hall–Kier alpha value is -8.20. The molecular formula is C63H45NO. The summed E-state index contributed by atoms with van der Waals surface area (Å²) >= 11 is 0. The van der Waals surface area contributed by atoms with Crippen LogP contribution in [0.25, 0.3) is 77.9 Å². The van der Waals surface area contributed by atoms with E-state index >= 15 is 0 Å². The van der Waals surface area contributed by atoms with Crippen LogP contribution >= 0.6 is 0 Å². The first-order valence-corrected chi connectivity index (χ1v) is 22.5. The molecule has 1 aliphatic carbocycles. The molecule has 2 aliphatic rings. The van der Waals surface area contributed by atoms with E-state index in [9.17, 15) is 0 Å². The third kappa shape index (κ3) is 6.65. The Morgan fingerprint density at radius 2 is 0.754 bits per heavy atom. The van der Waals surface area contributed by atoms with Gasteiger partial charge in [-0.1, -0.05) is 196 Å². The quantitative estimate of drug-likeness (QED) is 0.159. The van der Waals surface area contributed by atoms with Crippen molar-refractivity contribution in [2.45, 2.75) is 19.3 Å². The Kier molecular flexibility index (Phi) is 9.21. The van der Waals surface area contributed by atoms with Crippen LogP contribution in [0.1, 0.15) is 25.0 Å². The van der Waals surface area contributed by atoms with Gasteiger partial charge in [0.15, 0.2) is 0 Å². The third-order valence-electron chi connectivity index (χ3n) is 13.5. The first-order valence-electron chi connectivity index (χ1n) is 22.5. The van der Waals surface area contributed by atoms with Gasteiger partial charge in [-0.3, -0.25) is 0 Å². The summed E-state index contributed by atoms with van der Waals surface area (Å²) in [5, 5.41) is 0. The molecule has 1 aliphatic heterocycles. The minimum atomic E-state index is -0.122. The lowest BCUT2D eigenvalue weighted by Crippen LogP contribution is -2.16. The van der Waals surface area contributed by atoms with E-state index in [2.05, 4.69) is 255 Å². The van der Waals surface area contributed by atoms with Gasteiger partial charge in [-0.15, -0.1) is 0 Å². The number of rotatable bonds is 7. The highest BCUT2D eigenvalue weighted by Crippen LogP contribution is 2.53. The van der Waals surface area contributed by atoms with Gasteiger partial charge in [0.1, 0.15) is 11.5 Å². The zero-order valence-corrected chi connectivity index (χ0v) is 36.4. The maximum absolute atomic E-state index is 7.15. The largest absolute Gasteiger partial charge is 0.455 e. The summed E-state index contributed by atoms with van der Waals surface area (Å²) in [5.41, 5.74) is 22.2. The summed E-state index contributed by atoms with van der Waals surface area (Å²) in [5.74, 6) is 1.69. The molecule has 0 aromatic heterocycles. The highest BCUT2D eigenvalue weighted by molar-refractivity contribution is 5.97. The summed E-state index contributed by atoms with van der Waals surface area (Å²) in [4.78, 5) is 2.39. The molecule has 10 aromatic carbocycles. The molecule has 0 amide bonds. The summed E-state index contributed by atoms with van der Waals surface area (Å²) in [6.07, 6.45) is 0. The van der Waals surface area contributed by atoms with Crippen molar-refractivity contribution < 1.29 is 4.74 Å². The number of benzene rings is 10. The Morgan fingerprint density at radius 1 is 0.292 bits per heavy atom. The number of hydrogen-bond acceptors (Lipinski definition) is 2. The molecule has 0 atom stereocenters. The van der Waals surface area contributed by atoms with E-state index in [1.807, 2.05) is 0 Å². The molecule has 308 valence electrons. The summed E-state index contributed by atoms with van der Waals surface area (Å²) in [6.45, 7) is 4.70. The fourth-order valence-electron chi connectivity index (χ4n) is 10.2. The second-order valence-corrected chi connectivity index (χ2v) is 17.7. The molecule has 2 nitrogen and oxygen atoms in total. The topological polar surface area (TPSA) is 12.5 Å². The van der Waals surface area contributed by atoms with Gasteiger partial charge in [0.05, 0.1) is 0 Å². The Morgan fingerprint density at radius 3 is 1.42 bits per heavy atom. The number of ether oxygens (including phenoxy) is 1. The van der Waals surface area contributed by atoms with E-state index in [-0.39, 0.29) is 5.41 Å². The second kappa shape index (κ2) is 15.6. The minimum absolute atomic E-state index is 0.122. The van der Waals surface area contributed by atoms with Crippen LogP contribution in [-0.4, -0.2) is 0 Å². The average molecular weight is 832 g/mol. The Balaban J connectivity index is 0.971. The fraction of sp³-hybridized carbons (Fsp3) is 0.0476. The average Bonchev–Trinajstić information content (AvgIpc) is 3.50. The summed E-state index contributed by atoms with van der Waals surface area (Å²) < 4.78 is 7.15. The van der Waals surface area contributed by atoms with Gasteiger partial charge in [0.2, 0.25) is 0 Å². The number of hydrogen-bond donors (Lipinski definition) is 0. The van der Waals surface area contributed by atoms with E-state index in [1.54, 1.807) is 0 Å². The molecule has 0 spiro atoms. The van der Waals surface area contributed by atoms with Crippen molar-refractivity contribution >= 4 is 17.1 Å². The van der Waals surface area contributed by atoms with Crippen LogP contribution in [0, 0.1) is 0 Å². The Labute approximate surface area is 381 Å². The predicted molar refractivity (Wildman–Crippen MR) is 271 cm³/mol. The molecule has 0 radical (unpaired) electrons. The van der Waals surface area contributed by atoms with Crippen LogP contribution in [0.2, 0.25) is 0 Å². The molecule has 0 fully saturated rings. The molecule has 0 saturated heterocycles. The van der Waals surface area contributed by atoms with Crippen molar-refractivity contribution in [3.05, 3.63) is 248 Å².